The van der Waals surface area contributed by atoms with Gasteiger partial charge in [0.1, 0.15) is 10.8 Å². The molecule has 0 aliphatic rings. The van der Waals surface area contributed by atoms with Gasteiger partial charge in [-0.25, -0.2) is 4.39 Å². The maximum atomic E-state index is 12.9. The zero-order valence-corrected chi connectivity index (χ0v) is 13.0. The first-order valence-electron chi connectivity index (χ1n) is 6.99. The summed E-state index contributed by atoms with van der Waals surface area (Å²) in [4.78, 5) is 0. The number of rotatable bonds is 6. The summed E-state index contributed by atoms with van der Waals surface area (Å²) in [6, 6.07) is 6.46. The first-order valence-corrected chi connectivity index (χ1v) is 7.80. The van der Waals surface area contributed by atoms with Crippen molar-refractivity contribution in [2.75, 3.05) is 11.9 Å². The molecule has 0 aliphatic carbocycles. The predicted molar refractivity (Wildman–Crippen MR) is 84.6 cm³/mol. The van der Waals surface area contributed by atoms with Crippen LogP contribution < -0.4 is 5.32 Å². The van der Waals surface area contributed by atoms with Crippen LogP contribution >= 0.6 is 11.3 Å². The molecule has 2 heterocycles. The second kappa shape index (κ2) is 6.65. The van der Waals surface area contributed by atoms with Crippen LogP contribution in [-0.2, 0) is 13.0 Å². The fraction of sp³-hybridized carbons (Fsp3) is 0.267. The highest BCUT2D eigenvalue weighted by atomic mass is 32.1. The second-order valence-corrected chi connectivity index (χ2v) is 6.07. The maximum absolute atomic E-state index is 12.9. The van der Waals surface area contributed by atoms with Crippen LogP contribution in [0.5, 0.6) is 0 Å². The smallest absolute Gasteiger partial charge is 0.205 e. The molecular formula is C15H16FN5S. The molecule has 0 spiro atoms. The van der Waals surface area contributed by atoms with Gasteiger partial charge in [-0.1, -0.05) is 23.5 Å². The Hall–Kier alpha value is -2.28. The number of hydrogen-bond donors (Lipinski definition) is 1. The fourth-order valence-corrected chi connectivity index (χ4v) is 2.84. The van der Waals surface area contributed by atoms with Crippen molar-refractivity contribution in [1.82, 2.24) is 20.0 Å². The summed E-state index contributed by atoms with van der Waals surface area (Å²) in [6.45, 7) is 3.54. The fourth-order valence-electron chi connectivity index (χ4n) is 2.04. The minimum Gasteiger partial charge on any atom is -0.358 e. The number of nitrogens with one attached hydrogen (secondary N) is 1. The van der Waals surface area contributed by atoms with E-state index in [9.17, 15) is 4.39 Å². The predicted octanol–water partition coefficient (Wildman–Crippen LogP) is 2.89. The van der Waals surface area contributed by atoms with Gasteiger partial charge in [0.15, 0.2) is 0 Å². The number of anilines is 1. The maximum Gasteiger partial charge on any atom is 0.205 e. The van der Waals surface area contributed by atoms with E-state index in [4.69, 9.17) is 0 Å². The SMILES string of the molecule is Cc1cnn(CCNc2nnc(Cc3ccc(F)cc3)s2)c1. The van der Waals surface area contributed by atoms with E-state index < -0.39 is 0 Å². The zero-order chi connectivity index (χ0) is 15.4. The third kappa shape index (κ3) is 3.88. The highest BCUT2D eigenvalue weighted by Gasteiger charge is 2.05. The van der Waals surface area contributed by atoms with Gasteiger partial charge < -0.3 is 5.32 Å². The van der Waals surface area contributed by atoms with Gasteiger partial charge >= 0.3 is 0 Å². The molecule has 3 rings (SSSR count). The van der Waals surface area contributed by atoms with Crippen LogP contribution in [0, 0.1) is 12.7 Å². The average molecular weight is 317 g/mol. The standard InChI is InChI=1S/C15H16FN5S/c1-11-9-18-21(10-11)7-6-17-15-20-19-14(22-15)8-12-2-4-13(16)5-3-12/h2-5,9-10H,6-8H2,1H3,(H,17,20). The number of aromatic nitrogens is 4. The summed E-state index contributed by atoms with van der Waals surface area (Å²) in [6.07, 6.45) is 4.51. The Morgan fingerprint density at radius 3 is 2.77 bits per heavy atom. The summed E-state index contributed by atoms with van der Waals surface area (Å²) in [5, 5.41) is 17.4. The van der Waals surface area contributed by atoms with Crippen LogP contribution in [0.2, 0.25) is 0 Å². The molecular weight excluding hydrogens is 301 g/mol. The van der Waals surface area contributed by atoms with Gasteiger partial charge in [-0.2, -0.15) is 5.10 Å². The van der Waals surface area contributed by atoms with Crippen LogP contribution in [0.1, 0.15) is 16.1 Å². The highest BCUT2D eigenvalue weighted by molar-refractivity contribution is 7.15. The molecule has 114 valence electrons. The minimum atomic E-state index is -0.225. The lowest BCUT2D eigenvalue weighted by Gasteiger charge is -2.01. The van der Waals surface area contributed by atoms with E-state index >= 15 is 0 Å². The lowest BCUT2D eigenvalue weighted by molar-refractivity contribution is 0.627. The number of benzene rings is 1. The van der Waals surface area contributed by atoms with Crippen molar-refractivity contribution in [3.05, 3.63) is 58.6 Å². The second-order valence-electron chi connectivity index (χ2n) is 5.01. The highest BCUT2D eigenvalue weighted by Crippen LogP contribution is 2.18. The van der Waals surface area contributed by atoms with Crippen molar-refractivity contribution in [2.24, 2.45) is 0 Å². The van der Waals surface area contributed by atoms with Crippen molar-refractivity contribution >= 4 is 16.5 Å². The lowest BCUT2D eigenvalue weighted by atomic mass is 10.2. The molecule has 1 N–H and O–H groups in total. The molecule has 0 fully saturated rings. The molecule has 0 unspecified atom stereocenters. The number of hydrogen-bond acceptors (Lipinski definition) is 5. The summed E-state index contributed by atoms with van der Waals surface area (Å²) < 4.78 is 14.8. The van der Waals surface area contributed by atoms with Crippen LogP contribution in [0.15, 0.2) is 36.7 Å². The summed E-state index contributed by atoms with van der Waals surface area (Å²) in [5.41, 5.74) is 2.17. The lowest BCUT2D eigenvalue weighted by Crippen LogP contribution is -2.10. The summed E-state index contributed by atoms with van der Waals surface area (Å²) >= 11 is 1.52. The largest absolute Gasteiger partial charge is 0.358 e. The number of nitrogens with zero attached hydrogens (tertiary/aromatic N) is 4. The first-order chi connectivity index (χ1) is 10.7. The molecule has 0 bridgehead atoms. The van der Waals surface area contributed by atoms with Gasteiger partial charge in [0, 0.05) is 19.2 Å². The Morgan fingerprint density at radius 2 is 2.05 bits per heavy atom. The molecule has 3 aromatic rings. The quantitative estimate of drug-likeness (QED) is 0.759. The molecule has 2 aromatic heterocycles. The molecule has 7 heteroatoms. The normalized spacial score (nSPS) is 10.8. The number of halogens is 1. The topological polar surface area (TPSA) is 55.6 Å². The van der Waals surface area contributed by atoms with E-state index in [2.05, 4.69) is 20.6 Å². The van der Waals surface area contributed by atoms with Crippen LogP contribution in [0.25, 0.3) is 0 Å². The zero-order valence-electron chi connectivity index (χ0n) is 12.2. The first kappa shape index (κ1) is 14.6. The van der Waals surface area contributed by atoms with E-state index in [0.29, 0.717) is 6.42 Å². The van der Waals surface area contributed by atoms with Crippen molar-refractivity contribution in [3.8, 4) is 0 Å². The molecule has 0 saturated heterocycles. The third-order valence-electron chi connectivity index (χ3n) is 3.11. The van der Waals surface area contributed by atoms with Gasteiger partial charge in [0.25, 0.3) is 0 Å². The van der Waals surface area contributed by atoms with Crippen molar-refractivity contribution in [2.45, 2.75) is 19.9 Å². The van der Waals surface area contributed by atoms with Crippen LogP contribution in [0.4, 0.5) is 9.52 Å². The molecule has 22 heavy (non-hydrogen) atoms. The Kier molecular flexibility index (Phi) is 4.43. The van der Waals surface area contributed by atoms with Gasteiger partial charge in [-0.05, 0) is 30.2 Å². The van der Waals surface area contributed by atoms with Gasteiger partial charge in [-0.3, -0.25) is 4.68 Å². The van der Waals surface area contributed by atoms with E-state index in [1.54, 1.807) is 12.1 Å². The van der Waals surface area contributed by atoms with Crippen molar-refractivity contribution < 1.29 is 4.39 Å². The van der Waals surface area contributed by atoms with Crippen molar-refractivity contribution in [1.29, 1.82) is 0 Å². The molecule has 0 saturated carbocycles. The average Bonchev–Trinajstić information content (AvgIpc) is 3.11. The Labute approximate surface area is 131 Å². The monoisotopic (exact) mass is 317 g/mol. The van der Waals surface area contributed by atoms with Gasteiger partial charge in [0.05, 0.1) is 12.7 Å². The van der Waals surface area contributed by atoms with Gasteiger partial charge in [0.2, 0.25) is 5.13 Å². The molecule has 0 radical (unpaired) electrons. The molecule has 5 nitrogen and oxygen atoms in total. The Bertz CT molecular complexity index is 734. The summed E-state index contributed by atoms with van der Waals surface area (Å²) in [5.74, 6) is -0.225. The third-order valence-corrected chi connectivity index (χ3v) is 4.00. The van der Waals surface area contributed by atoms with Crippen LogP contribution in [-0.4, -0.2) is 26.5 Å². The van der Waals surface area contributed by atoms with Crippen molar-refractivity contribution in [3.63, 3.8) is 0 Å². The molecule has 0 atom stereocenters. The Morgan fingerprint density at radius 1 is 1.23 bits per heavy atom. The molecule has 1 aromatic carbocycles. The van der Waals surface area contributed by atoms with Gasteiger partial charge in [-0.15, -0.1) is 10.2 Å². The Balaban J connectivity index is 1.51. The minimum absolute atomic E-state index is 0.225. The van der Waals surface area contributed by atoms with E-state index in [1.165, 1.54) is 23.5 Å². The van der Waals surface area contributed by atoms with E-state index in [-0.39, 0.29) is 5.82 Å². The summed E-state index contributed by atoms with van der Waals surface area (Å²) in [7, 11) is 0. The molecule has 0 aliphatic heterocycles. The van der Waals surface area contributed by atoms with E-state index in [1.807, 2.05) is 24.0 Å². The van der Waals surface area contributed by atoms with Crippen LogP contribution in [0.3, 0.4) is 0 Å². The number of aryl methyl sites for hydroxylation is 1. The van der Waals surface area contributed by atoms with E-state index in [0.717, 1.165) is 34.4 Å². The molecule has 0 amide bonds.